The molecule has 3 aromatic rings. The Morgan fingerprint density at radius 3 is 2.50 bits per heavy atom. The Labute approximate surface area is 198 Å². The Hall–Kier alpha value is -3.52. The summed E-state index contributed by atoms with van der Waals surface area (Å²) in [5.41, 5.74) is 2.71. The molecule has 2 fully saturated rings. The maximum Gasteiger partial charge on any atom is 0.229 e. The molecule has 7 nitrogen and oxygen atoms in total. The van der Waals surface area contributed by atoms with Gasteiger partial charge in [0.2, 0.25) is 5.91 Å². The average Bonchev–Trinajstić information content (AvgIpc) is 2.90. The van der Waals surface area contributed by atoms with Gasteiger partial charge in [-0.2, -0.15) is 0 Å². The van der Waals surface area contributed by atoms with Crippen LogP contribution in [0, 0.1) is 11.7 Å². The van der Waals surface area contributed by atoms with Crippen LogP contribution in [0.3, 0.4) is 0 Å². The Balaban J connectivity index is 1.22. The first-order valence-corrected chi connectivity index (χ1v) is 11.7. The molecule has 5 rings (SSSR count). The lowest BCUT2D eigenvalue weighted by atomic mass is 9.97. The topological polar surface area (TPSA) is 70.6 Å². The van der Waals surface area contributed by atoms with Crippen molar-refractivity contribution in [2.75, 3.05) is 54.5 Å². The quantitative estimate of drug-likeness (QED) is 0.620. The van der Waals surface area contributed by atoms with Crippen LogP contribution in [0.5, 0.6) is 0 Å². The number of rotatable bonds is 5. The molecule has 2 aliphatic heterocycles. The highest BCUT2D eigenvalue weighted by molar-refractivity contribution is 5.93. The largest absolute Gasteiger partial charge is 0.378 e. The van der Waals surface area contributed by atoms with E-state index in [2.05, 4.69) is 25.1 Å². The average molecular weight is 462 g/mol. The van der Waals surface area contributed by atoms with Gasteiger partial charge in [-0.15, -0.1) is 0 Å². The van der Waals surface area contributed by atoms with Gasteiger partial charge in [-0.25, -0.2) is 14.4 Å². The van der Waals surface area contributed by atoms with Gasteiger partial charge in [0, 0.05) is 49.3 Å². The number of aromatic nitrogens is 2. The number of halogens is 1. The van der Waals surface area contributed by atoms with E-state index in [1.54, 1.807) is 18.3 Å². The number of nitrogens with zero attached hydrogens (tertiary/aromatic N) is 4. The monoisotopic (exact) mass is 461 g/mol. The highest BCUT2D eigenvalue weighted by atomic mass is 19.1. The summed E-state index contributed by atoms with van der Waals surface area (Å²) in [5.74, 6) is 0.931. The van der Waals surface area contributed by atoms with Crippen molar-refractivity contribution in [3.05, 3.63) is 66.6 Å². The van der Waals surface area contributed by atoms with Crippen LogP contribution in [-0.2, 0) is 9.53 Å². The van der Waals surface area contributed by atoms with Crippen molar-refractivity contribution in [3.63, 3.8) is 0 Å². The number of benzene rings is 2. The van der Waals surface area contributed by atoms with Gasteiger partial charge in [0.25, 0.3) is 0 Å². The number of hydrogen-bond acceptors (Lipinski definition) is 6. The van der Waals surface area contributed by atoms with E-state index in [1.807, 2.05) is 30.3 Å². The first-order chi connectivity index (χ1) is 16.7. The Bertz CT molecular complexity index is 1120. The first kappa shape index (κ1) is 22.3. The normalized spacial score (nSPS) is 18.6. The maximum absolute atomic E-state index is 13.3. The van der Waals surface area contributed by atoms with E-state index in [0.29, 0.717) is 12.4 Å². The molecule has 176 valence electrons. The lowest BCUT2D eigenvalue weighted by molar-refractivity contribution is -0.120. The van der Waals surface area contributed by atoms with Crippen LogP contribution in [0.15, 0.2) is 60.8 Å². The number of carbonyl (C=O) groups is 1. The minimum Gasteiger partial charge on any atom is -0.378 e. The van der Waals surface area contributed by atoms with Crippen LogP contribution in [0.25, 0.3) is 11.4 Å². The molecule has 34 heavy (non-hydrogen) atoms. The van der Waals surface area contributed by atoms with Crippen molar-refractivity contribution in [2.24, 2.45) is 5.92 Å². The predicted octanol–water partition coefficient (Wildman–Crippen LogP) is 3.97. The standard InChI is InChI=1S/C26H28FN5O2/c27-21-5-3-19(4-6-21)25-28-12-11-24(30-25)32-13-1-2-20(18-32)26(33)29-22-7-9-23(10-8-22)31-14-16-34-17-15-31/h3-12,20H,1-2,13-18H2,(H,29,33)/t20-/m1/s1. The third kappa shape index (κ3) is 5.17. The van der Waals surface area contributed by atoms with E-state index in [1.165, 1.54) is 12.1 Å². The SMILES string of the molecule is O=C(Nc1ccc(N2CCOCC2)cc1)[C@@H]1CCCN(c2ccnc(-c3ccc(F)cc3)n2)C1. The molecule has 1 aromatic heterocycles. The Morgan fingerprint density at radius 2 is 1.74 bits per heavy atom. The second kappa shape index (κ2) is 10.2. The van der Waals surface area contributed by atoms with Crippen molar-refractivity contribution in [3.8, 4) is 11.4 Å². The zero-order valence-corrected chi connectivity index (χ0v) is 19.0. The van der Waals surface area contributed by atoms with Gasteiger partial charge in [-0.05, 0) is 67.4 Å². The number of hydrogen-bond donors (Lipinski definition) is 1. The Kier molecular flexibility index (Phi) is 6.67. The van der Waals surface area contributed by atoms with Crippen molar-refractivity contribution in [1.29, 1.82) is 0 Å². The first-order valence-electron chi connectivity index (χ1n) is 11.7. The number of amides is 1. The Morgan fingerprint density at radius 1 is 0.971 bits per heavy atom. The number of anilines is 3. The van der Waals surface area contributed by atoms with E-state index in [-0.39, 0.29) is 17.6 Å². The second-order valence-corrected chi connectivity index (χ2v) is 8.67. The van der Waals surface area contributed by atoms with Gasteiger partial charge in [-0.1, -0.05) is 0 Å². The summed E-state index contributed by atoms with van der Waals surface area (Å²) in [6, 6.07) is 16.0. The highest BCUT2D eigenvalue weighted by Gasteiger charge is 2.27. The summed E-state index contributed by atoms with van der Waals surface area (Å²) < 4.78 is 18.7. The van der Waals surface area contributed by atoms with Gasteiger partial charge in [0.1, 0.15) is 11.6 Å². The summed E-state index contributed by atoms with van der Waals surface area (Å²) >= 11 is 0. The van der Waals surface area contributed by atoms with Gasteiger partial charge < -0.3 is 19.9 Å². The molecule has 0 unspecified atom stereocenters. The summed E-state index contributed by atoms with van der Waals surface area (Å²) in [7, 11) is 0. The third-order valence-corrected chi connectivity index (χ3v) is 6.37. The fourth-order valence-corrected chi connectivity index (χ4v) is 4.48. The van der Waals surface area contributed by atoms with Crippen molar-refractivity contribution in [1.82, 2.24) is 9.97 Å². The fourth-order valence-electron chi connectivity index (χ4n) is 4.48. The molecule has 2 saturated heterocycles. The molecule has 1 atom stereocenters. The van der Waals surface area contributed by atoms with E-state index in [4.69, 9.17) is 4.74 Å². The van der Waals surface area contributed by atoms with Crippen molar-refractivity contribution >= 4 is 23.1 Å². The molecule has 8 heteroatoms. The molecule has 0 bridgehead atoms. The number of carbonyl (C=O) groups excluding carboxylic acids is 1. The number of piperidine rings is 1. The highest BCUT2D eigenvalue weighted by Crippen LogP contribution is 2.25. The lowest BCUT2D eigenvalue weighted by Gasteiger charge is -2.33. The molecule has 0 aliphatic carbocycles. The minimum absolute atomic E-state index is 0.0247. The van der Waals surface area contributed by atoms with Crippen LogP contribution < -0.4 is 15.1 Å². The van der Waals surface area contributed by atoms with Crippen molar-refractivity contribution < 1.29 is 13.9 Å². The van der Waals surface area contributed by atoms with Crippen LogP contribution in [-0.4, -0.2) is 55.3 Å². The molecular formula is C26H28FN5O2. The smallest absolute Gasteiger partial charge is 0.229 e. The number of ether oxygens (including phenoxy) is 1. The molecule has 2 aliphatic rings. The zero-order valence-electron chi connectivity index (χ0n) is 19.0. The molecule has 1 amide bonds. The van der Waals surface area contributed by atoms with Gasteiger partial charge >= 0.3 is 0 Å². The summed E-state index contributed by atoms with van der Waals surface area (Å²) in [6.07, 6.45) is 3.45. The molecule has 0 spiro atoms. The van der Waals surface area contributed by atoms with Crippen molar-refractivity contribution in [2.45, 2.75) is 12.8 Å². The zero-order chi connectivity index (χ0) is 23.3. The van der Waals surface area contributed by atoms with Gasteiger partial charge in [0.05, 0.1) is 19.1 Å². The minimum atomic E-state index is -0.291. The van der Waals surface area contributed by atoms with Gasteiger partial charge in [0.15, 0.2) is 5.82 Å². The molecular weight excluding hydrogens is 433 g/mol. The number of nitrogens with one attached hydrogen (secondary N) is 1. The second-order valence-electron chi connectivity index (χ2n) is 8.67. The van der Waals surface area contributed by atoms with Crippen LogP contribution in [0.2, 0.25) is 0 Å². The summed E-state index contributed by atoms with van der Waals surface area (Å²) in [5, 5.41) is 3.08. The van der Waals surface area contributed by atoms with E-state index in [9.17, 15) is 9.18 Å². The fraction of sp³-hybridized carbons (Fsp3) is 0.346. The van der Waals surface area contributed by atoms with Crippen LogP contribution >= 0.6 is 0 Å². The summed E-state index contributed by atoms with van der Waals surface area (Å²) in [4.78, 5) is 26.4. The lowest BCUT2D eigenvalue weighted by Crippen LogP contribution is -2.41. The molecule has 0 radical (unpaired) electrons. The molecule has 3 heterocycles. The molecule has 0 saturated carbocycles. The molecule has 2 aromatic carbocycles. The van der Waals surface area contributed by atoms with Crippen LogP contribution in [0.4, 0.5) is 21.6 Å². The third-order valence-electron chi connectivity index (χ3n) is 6.37. The van der Waals surface area contributed by atoms with Gasteiger partial charge in [-0.3, -0.25) is 4.79 Å². The maximum atomic E-state index is 13.3. The van der Waals surface area contributed by atoms with Crippen LogP contribution in [0.1, 0.15) is 12.8 Å². The van der Waals surface area contributed by atoms with E-state index >= 15 is 0 Å². The predicted molar refractivity (Wildman–Crippen MR) is 130 cm³/mol. The van der Waals surface area contributed by atoms with E-state index in [0.717, 1.165) is 68.4 Å². The molecule has 1 N–H and O–H groups in total. The number of morpholine rings is 1. The van der Waals surface area contributed by atoms with E-state index < -0.39 is 0 Å². The summed E-state index contributed by atoms with van der Waals surface area (Å²) in [6.45, 7) is 4.68.